The molecule has 2 aliphatic rings. The summed E-state index contributed by atoms with van der Waals surface area (Å²) in [5, 5.41) is 34.9. The molecule has 0 radical (unpaired) electrons. The molecule has 6 rings (SSSR count). The van der Waals surface area contributed by atoms with Crippen LogP contribution in [0.25, 0.3) is 34.3 Å². The van der Waals surface area contributed by atoms with Gasteiger partial charge in [0.05, 0.1) is 6.04 Å². The maximum Gasteiger partial charge on any atom is 0.490 e. The number of carbonyl (C=O) groups is 2. The van der Waals surface area contributed by atoms with Crippen molar-refractivity contribution in [1.82, 2.24) is 20.2 Å². The summed E-state index contributed by atoms with van der Waals surface area (Å²) in [4.78, 5) is 26.3. The fourth-order valence-electron chi connectivity index (χ4n) is 5.56. The number of piperidine rings is 1. The van der Waals surface area contributed by atoms with Crippen molar-refractivity contribution >= 4 is 11.9 Å². The molecular formula is C30H26F6N4O8. The Hall–Kier alpha value is -4.97. The normalized spacial score (nSPS) is 19.9. The number of aliphatic carboxylic acids is 2. The first kappa shape index (κ1) is 34.4. The van der Waals surface area contributed by atoms with Gasteiger partial charge in [0, 0.05) is 29.7 Å². The van der Waals surface area contributed by atoms with E-state index in [4.69, 9.17) is 28.8 Å². The first-order valence-electron chi connectivity index (χ1n) is 14.3. The first-order chi connectivity index (χ1) is 22.6. The van der Waals surface area contributed by atoms with E-state index in [0.29, 0.717) is 23.4 Å². The van der Waals surface area contributed by atoms with Crippen LogP contribution in [0.3, 0.4) is 0 Å². The SMILES string of the molecule is O=C(O)C(F)(F)F.O=C(O)CC1CCCN([C@H]2COc3cc(-c4noc(-c5onc(-c6ccccc6)c5C(F)(F)F)n4)ccc3[C@H]2O)C1. The van der Waals surface area contributed by atoms with Crippen LogP contribution in [-0.2, 0) is 15.8 Å². The quantitative estimate of drug-likeness (QED) is 0.212. The van der Waals surface area contributed by atoms with Crippen LogP contribution in [0, 0.1) is 5.92 Å². The lowest BCUT2D eigenvalue weighted by molar-refractivity contribution is -0.192. The minimum absolute atomic E-state index is 0.00124. The molecule has 18 heteroatoms. The lowest BCUT2D eigenvalue weighted by Crippen LogP contribution is -2.50. The molecule has 48 heavy (non-hydrogen) atoms. The highest BCUT2D eigenvalue weighted by Crippen LogP contribution is 2.43. The smallest absolute Gasteiger partial charge is 0.490 e. The standard InChI is InChI=1S/C28H25F3N4O6.C2HF3O2/c29-28(30,31)22-23(16-6-2-1-3-7-16)33-40-25(22)27-32-26(34-41-27)17-8-9-18-20(12-17)39-14-19(24(18)38)35-10-4-5-15(13-35)11-21(36)37;3-2(4,5)1(6)7/h1-3,6-9,12,15,19,24,38H,4-5,10-11,13-14H2,(H,36,37);(H,6,7)/t15?,19-,24+;/m0./s1. The second-order valence-electron chi connectivity index (χ2n) is 11.0. The molecule has 1 fully saturated rings. The molecule has 4 heterocycles. The zero-order valence-electron chi connectivity index (χ0n) is 24.5. The number of fused-ring (bicyclic) bond motifs is 1. The molecule has 2 aliphatic heterocycles. The van der Waals surface area contributed by atoms with Gasteiger partial charge in [0.1, 0.15) is 29.7 Å². The van der Waals surface area contributed by atoms with E-state index in [-0.39, 0.29) is 42.1 Å². The van der Waals surface area contributed by atoms with Gasteiger partial charge in [-0.3, -0.25) is 9.69 Å². The van der Waals surface area contributed by atoms with Gasteiger partial charge in [0.2, 0.25) is 11.6 Å². The van der Waals surface area contributed by atoms with E-state index < -0.39 is 47.6 Å². The van der Waals surface area contributed by atoms with E-state index in [2.05, 4.69) is 20.2 Å². The van der Waals surface area contributed by atoms with Crippen molar-refractivity contribution in [2.75, 3.05) is 19.7 Å². The summed E-state index contributed by atoms with van der Waals surface area (Å²) in [6.45, 7) is 1.47. The minimum atomic E-state index is -5.08. The minimum Gasteiger partial charge on any atom is -0.491 e. The second kappa shape index (κ2) is 13.6. The number of halogens is 6. The molecule has 0 aliphatic carbocycles. The molecule has 3 atom stereocenters. The van der Waals surface area contributed by atoms with Crippen molar-refractivity contribution in [1.29, 1.82) is 0 Å². The maximum atomic E-state index is 14.1. The molecule has 3 N–H and O–H groups in total. The highest BCUT2D eigenvalue weighted by molar-refractivity contribution is 5.73. The van der Waals surface area contributed by atoms with Crippen LogP contribution in [0.15, 0.2) is 57.6 Å². The van der Waals surface area contributed by atoms with E-state index in [1.807, 2.05) is 0 Å². The Labute approximate surface area is 266 Å². The van der Waals surface area contributed by atoms with Crippen molar-refractivity contribution in [3.05, 3.63) is 59.7 Å². The summed E-state index contributed by atoms with van der Waals surface area (Å²) < 4.78 is 90.1. The van der Waals surface area contributed by atoms with Crippen LogP contribution < -0.4 is 4.74 Å². The van der Waals surface area contributed by atoms with Crippen LogP contribution in [0.5, 0.6) is 5.75 Å². The van der Waals surface area contributed by atoms with Gasteiger partial charge in [-0.2, -0.15) is 31.3 Å². The molecule has 0 bridgehead atoms. The molecule has 0 amide bonds. The zero-order chi connectivity index (χ0) is 34.8. The number of nitrogens with zero attached hydrogens (tertiary/aromatic N) is 4. The largest absolute Gasteiger partial charge is 0.491 e. The molecule has 1 saturated heterocycles. The predicted molar refractivity (Wildman–Crippen MR) is 150 cm³/mol. The fourth-order valence-corrected chi connectivity index (χ4v) is 5.56. The number of ether oxygens (including phenoxy) is 1. The number of carboxylic acids is 2. The van der Waals surface area contributed by atoms with E-state index in [0.717, 1.165) is 19.4 Å². The van der Waals surface area contributed by atoms with E-state index in [1.54, 1.807) is 36.4 Å². The van der Waals surface area contributed by atoms with Gasteiger partial charge >= 0.3 is 24.3 Å². The zero-order valence-corrected chi connectivity index (χ0v) is 24.5. The van der Waals surface area contributed by atoms with Crippen molar-refractivity contribution in [3.63, 3.8) is 0 Å². The number of carboxylic acid groups (broad SMARTS) is 2. The number of hydrogen-bond donors (Lipinski definition) is 3. The van der Waals surface area contributed by atoms with Gasteiger partial charge in [0.15, 0.2) is 0 Å². The van der Waals surface area contributed by atoms with Crippen molar-refractivity contribution in [3.8, 4) is 40.0 Å². The van der Waals surface area contributed by atoms with Crippen LogP contribution in [0.2, 0.25) is 0 Å². The number of benzene rings is 2. The van der Waals surface area contributed by atoms with Crippen molar-refractivity contribution in [2.45, 2.75) is 43.8 Å². The van der Waals surface area contributed by atoms with Gasteiger partial charge in [-0.1, -0.05) is 52.8 Å². The third kappa shape index (κ3) is 7.60. The summed E-state index contributed by atoms with van der Waals surface area (Å²) >= 11 is 0. The third-order valence-corrected chi connectivity index (χ3v) is 7.73. The average molecular weight is 685 g/mol. The highest BCUT2D eigenvalue weighted by Gasteiger charge is 2.43. The Morgan fingerprint density at radius 3 is 2.31 bits per heavy atom. The third-order valence-electron chi connectivity index (χ3n) is 7.73. The monoisotopic (exact) mass is 684 g/mol. The average Bonchev–Trinajstić information content (AvgIpc) is 3.70. The summed E-state index contributed by atoms with van der Waals surface area (Å²) in [6, 6.07) is 12.4. The van der Waals surface area contributed by atoms with E-state index in [9.17, 15) is 36.2 Å². The second-order valence-corrected chi connectivity index (χ2v) is 11.0. The molecule has 2 aromatic heterocycles. The van der Waals surface area contributed by atoms with Crippen LogP contribution in [0.1, 0.15) is 36.5 Å². The number of hydrogen-bond acceptors (Lipinski definition) is 10. The fraction of sp³-hybridized carbons (Fsp3) is 0.367. The summed E-state index contributed by atoms with van der Waals surface area (Å²) in [6.07, 6.45) is -9.02. The summed E-state index contributed by atoms with van der Waals surface area (Å²) in [5.41, 5.74) is -0.344. The number of rotatable bonds is 6. The first-order valence-corrected chi connectivity index (χ1v) is 14.3. The van der Waals surface area contributed by atoms with E-state index >= 15 is 0 Å². The maximum absolute atomic E-state index is 14.1. The van der Waals surface area contributed by atoms with Crippen molar-refractivity contribution in [2.24, 2.45) is 5.92 Å². The molecule has 1 unspecified atom stereocenters. The Morgan fingerprint density at radius 1 is 0.958 bits per heavy atom. The van der Waals surface area contributed by atoms with Crippen molar-refractivity contribution < 1.29 is 65.0 Å². The van der Waals surface area contributed by atoms with Gasteiger partial charge in [-0.25, -0.2) is 4.79 Å². The highest BCUT2D eigenvalue weighted by atomic mass is 19.4. The van der Waals surface area contributed by atoms with Gasteiger partial charge in [-0.05, 0) is 31.4 Å². The predicted octanol–water partition coefficient (Wildman–Crippen LogP) is 5.69. The number of likely N-dealkylation sites (tertiary alicyclic amines) is 1. The van der Waals surface area contributed by atoms with Gasteiger partial charge < -0.3 is 29.1 Å². The van der Waals surface area contributed by atoms with Gasteiger partial charge in [-0.15, -0.1) is 0 Å². The summed E-state index contributed by atoms with van der Waals surface area (Å²) in [7, 11) is 0. The van der Waals surface area contributed by atoms with E-state index in [1.165, 1.54) is 12.1 Å². The summed E-state index contributed by atoms with van der Waals surface area (Å²) in [5.74, 6) is -4.37. The number of aliphatic hydroxyl groups is 1. The van der Waals surface area contributed by atoms with Gasteiger partial charge in [0.25, 0.3) is 5.89 Å². The lowest BCUT2D eigenvalue weighted by Gasteiger charge is -2.42. The molecular weight excluding hydrogens is 658 g/mol. The Balaban J connectivity index is 0.000000582. The Bertz CT molecular complexity index is 1760. The molecule has 256 valence electrons. The lowest BCUT2D eigenvalue weighted by atomic mass is 9.90. The number of alkyl halides is 6. The number of aliphatic hydroxyl groups excluding tert-OH is 1. The van der Waals surface area contributed by atoms with Crippen LogP contribution in [0.4, 0.5) is 26.3 Å². The molecule has 4 aromatic rings. The van der Waals surface area contributed by atoms with Crippen LogP contribution in [-0.4, -0.2) is 79.4 Å². The van der Waals surface area contributed by atoms with Crippen LogP contribution >= 0.6 is 0 Å². The Morgan fingerprint density at radius 2 is 1.67 bits per heavy atom. The molecule has 2 aromatic carbocycles. The topological polar surface area (TPSA) is 172 Å². The Kier molecular flexibility index (Phi) is 9.76. The number of aromatic nitrogens is 3. The molecule has 12 nitrogen and oxygen atoms in total. The molecule has 0 spiro atoms. The molecule has 0 saturated carbocycles.